The lowest BCUT2D eigenvalue weighted by Gasteiger charge is -2.31. The van der Waals surface area contributed by atoms with E-state index in [-0.39, 0.29) is 24.3 Å². The molecule has 0 N–H and O–H groups in total. The molecule has 2 aliphatic rings. The van der Waals surface area contributed by atoms with Gasteiger partial charge in [0.25, 0.3) is 0 Å². The summed E-state index contributed by atoms with van der Waals surface area (Å²) in [5, 5.41) is 1.56. The number of rotatable bonds is 20. The van der Waals surface area contributed by atoms with Gasteiger partial charge in [-0.05, 0) is 43.9 Å². The molecule has 49 heavy (non-hydrogen) atoms. The van der Waals surface area contributed by atoms with Crippen molar-refractivity contribution in [2.24, 2.45) is 5.92 Å². The third-order valence-corrected chi connectivity index (χ3v) is 12.0. The number of carbonyl (C=O) groups excluding carboxylic acids is 2. The highest BCUT2D eigenvalue weighted by atomic mass is 33.1. The Labute approximate surface area is 315 Å². The lowest BCUT2D eigenvalue weighted by molar-refractivity contribution is -0.167. The van der Waals surface area contributed by atoms with E-state index in [2.05, 4.69) is 40.5 Å². The fourth-order valence-corrected chi connectivity index (χ4v) is 7.89. The van der Waals surface area contributed by atoms with Gasteiger partial charge in [0, 0.05) is 35.0 Å². The van der Waals surface area contributed by atoms with E-state index < -0.39 is 12.2 Å². The monoisotopic (exact) mass is 736 g/mol. The normalized spacial score (nSPS) is 17.6. The average molecular weight is 737 g/mol. The summed E-state index contributed by atoms with van der Waals surface area (Å²) in [6, 6.07) is 0. The van der Waals surface area contributed by atoms with Crippen molar-refractivity contribution < 1.29 is 19.1 Å². The molecule has 1 aliphatic carbocycles. The fourth-order valence-electron chi connectivity index (χ4n) is 4.53. The Morgan fingerprint density at radius 1 is 0.959 bits per heavy atom. The SMILES string of the molecule is C=C/C=C\C=C/C(C)C(OC(=O)CCCCC1CCSS1)C(OC(=O)CC)C1=CC=CCC=C1.CC.CCC(C)SC.CCCCCCC. The second-order valence-corrected chi connectivity index (χ2v) is 16.0. The van der Waals surface area contributed by atoms with Crippen molar-refractivity contribution in [3.8, 4) is 0 Å². The summed E-state index contributed by atoms with van der Waals surface area (Å²) in [7, 11) is 3.91. The summed E-state index contributed by atoms with van der Waals surface area (Å²) >= 11 is 1.92. The number of allylic oxidation sites excluding steroid dienone is 8. The molecule has 282 valence electrons. The Kier molecular flexibility index (Phi) is 36.6. The smallest absolute Gasteiger partial charge is 0.306 e. The van der Waals surface area contributed by atoms with E-state index in [0.717, 1.165) is 36.5 Å². The molecule has 0 aromatic rings. The lowest BCUT2D eigenvalue weighted by atomic mass is 9.93. The Hall–Kier alpha value is -1.57. The van der Waals surface area contributed by atoms with Crippen LogP contribution in [0, 0.1) is 5.92 Å². The van der Waals surface area contributed by atoms with Crippen LogP contribution < -0.4 is 0 Å². The highest BCUT2D eigenvalue weighted by Gasteiger charge is 2.34. The molecule has 1 heterocycles. The third-order valence-electron chi connectivity index (χ3n) is 7.81. The van der Waals surface area contributed by atoms with Crippen LogP contribution in [0.15, 0.2) is 72.9 Å². The zero-order valence-corrected chi connectivity index (χ0v) is 35.1. The van der Waals surface area contributed by atoms with Crippen molar-refractivity contribution in [3.05, 3.63) is 72.9 Å². The van der Waals surface area contributed by atoms with Crippen LogP contribution in [-0.4, -0.2) is 46.7 Å². The van der Waals surface area contributed by atoms with Gasteiger partial charge in [-0.1, -0.05) is 183 Å². The predicted molar refractivity (Wildman–Crippen MR) is 225 cm³/mol. The van der Waals surface area contributed by atoms with Crippen molar-refractivity contribution in [3.63, 3.8) is 0 Å². The van der Waals surface area contributed by atoms with Gasteiger partial charge in [-0.2, -0.15) is 11.8 Å². The highest BCUT2D eigenvalue weighted by Crippen LogP contribution is 2.40. The van der Waals surface area contributed by atoms with E-state index in [1.54, 1.807) is 13.0 Å². The number of unbranched alkanes of at least 4 members (excludes halogenated alkanes) is 5. The lowest BCUT2D eigenvalue weighted by Crippen LogP contribution is -2.40. The molecule has 2 rings (SSSR count). The van der Waals surface area contributed by atoms with Crippen molar-refractivity contribution in [1.82, 2.24) is 0 Å². The zero-order valence-electron chi connectivity index (χ0n) is 32.6. The first-order valence-electron chi connectivity index (χ1n) is 19.0. The maximum Gasteiger partial charge on any atom is 0.306 e. The number of thioether (sulfide) groups is 1. The van der Waals surface area contributed by atoms with Gasteiger partial charge in [0.05, 0.1) is 0 Å². The van der Waals surface area contributed by atoms with Crippen molar-refractivity contribution in [1.29, 1.82) is 0 Å². The Balaban J connectivity index is 0. The first kappa shape index (κ1) is 49.5. The van der Waals surface area contributed by atoms with E-state index in [0.29, 0.717) is 11.7 Å². The summed E-state index contributed by atoms with van der Waals surface area (Å²) in [6.45, 7) is 20.4. The van der Waals surface area contributed by atoms with Crippen LogP contribution in [0.1, 0.15) is 139 Å². The van der Waals surface area contributed by atoms with Gasteiger partial charge in [-0.3, -0.25) is 9.59 Å². The molecule has 0 radical (unpaired) electrons. The maximum atomic E-state index is 12.9. The maximum absolute atomic E-state index is 12.9. The van der Waals surface area contributed by atoms with E-state index >= 15 is 0 Å². The van der Waals surface area contributed by atoms with Crippen molar-refractivity contribution in [2.75, 3.05) is 12.0 Å². The summed E-state index contributed by atoms with van der Waals surface area (Å²) in [5.41, 5.74) is 0.825. The standard InChI is InChI=1S/C28H38O4S2.C7H16.C5H12S.C2H6/c1-4-6-7-10-15-22(3)27(32-26(30)19-14-13-18-24-20-21-33-34-24)28(31-25(29)5-2)23-16-11-8-9-12-17-23;1-3-5-7-6-4-2;1-4-5(2)6-3;1-2/h4,6-8,10-12,15-17,22,24,27-28H,1,5,9,13-14,18-21H2,2-3H3;3-7H2,1-2H3;5H,4H2,1-3H3;1-2H3/b7-6-,15-10-;;;. The van der Waals surface area contributed by atoms with E-state index in [1.807, 2.05) is 109 Å². The summed E-state index contributed by atoms with van der Waals surface area (Å²) in [6.07, 6.45) is 34.0. The van der Waals surface area contributed by atoms with Crippen molar-refractivity contribution in [2.45, 2.75) is 162 Å². The number of ether oxygens (including phenoxy) is 2. The predicted octanol–water partition coefficient (Wildman–Crippen LogP) is 13.5. The third kappa shape index (κ3) is 27.8. The minimum atomic E-state index is -0.676. The van der Waals surface area contributed by atoms with E-state index in [4.69, 9.17) is 9.47 Å². The Morgan fingerprint density at radius 3 is 2.22 bits per heavy atom. The fraction of sp³-hybridized carbons (Fsp3) is 0.667. The molecule has 7 heteroatoms. The quantitative estimate of drug-likeness (QED) is 0.0534. The molecule has 5 atom stereocenters. The molecule has 5 unspecified atom stereocenters. The summed E-state index contributed by atoms with van der Waals surface area (Å²) < 4.78 is 11.9. The molecule has 1 fully saturated rings. The summed E-state index contributed by atoms with van der Waals surface area (Å²) in [4.78, 5) is 25.2. The van der Waals surface area contributed by atoms with E-state index in [1.165, 1.54) is 50.7 Å². The molecule has 0 saturated carbocycles. The van der Waals surface area contributed by atoms with Crippen LogP contribution in [0.4, 0.5) is 0 Å². The van der Waals surface area contributed by atoms with Crippen LogP contribution in [0.3, 0.4) is 0 Å². The Bertz CT molecular complexity index is 955. The molecular formula is C42H72O4S3. The van der Waals surface area contributed by atoms with Gasteiger partial charge in [0.2, 0.25) is 0 Å². The van der Waals surface area contributed by atoms with Crippen LogP contribution in [0.25, 0.3) is 0 Å². The molecule has 1 saturated heterocycles. The number of esters is 2. The van der Waals surface area contributed by atoms with E-state index in [9.17, 15) is 9.59 Å². The zero-order chi connectivity index (χ0) is 37.1. The van der Waals surface area contributed by atoms with Crippen LogP contribution in [0.2, 0.25) is 0 Å². The molecule has 1 aliphatic heterocycles. The highest BCUT2D eigenvalue weighted by molar-refractivity contribution is 8.77. The van der Waals surface area contributed by atoms with Gasteiger partial charge >= 0.3 is 11.9 Å². The molecular weight excluding hydrogens is 665 g/mol. The first-order valence-corrected chi connectivity index (χ1v) is 22.6. The largest absolute Gasteiger partial charge is 0.457 e. The number of hydrogen-bond donors (Lipinski definition) is 0. The van der Waals surface area contributed by atoms with Gasteiger partial charge in [-0.15, -0.1) is 0 Å². The first-order chi connectivity index (χ1) is 23.8. The van der Waals surface area contributed by atoms with Crippen LogP contribution in [-0.2, 0) is 19.1 Å². The molecule has 0 spiro atoms. The summed E-state index contributed by atoms with van der Waals surface area (Å²) in [5.74, 6) is 0.500. The van der Waals surface area contributed by atoms with Crippen molar-refractivity contribution >= 4 is 45.3 Å². The second-order valence-electron chi connectivity index (χ2n) is 11.9. The Morgan fingerprint density at radius 2 is 1.67 bits per heavy atom. The van der Waals surface area contributed by atoms with Gasteiger partial charge < -0.3 is 9.47 Å². The number of hydrogen-bond acceptors (Lipinski definition) is 7. The molecule has 0 bridgehead atoms. The van der Waals surface area contributed by atoms with Gasteiger partial charge in [0.1, 0.15) is 6.10 Å². The second kappa shape index (κ2) is 36.2. The molecule has 4 nitrogen and oxygen atoms in total. The number of carbonyl (C=O) groups is 2. The van der Waals surface area contributed by atoms with Gasteiger partial charge in [0.15, 0.2) is 6.10 Å². The minimum Gasteiger partial charge on any atom is -0.457 e. The topological polar surface area (TPSA) is 52.6 Å². The van der Waals surface area contributed by atoms with Crippen LogP contribution >= 0.6 is 33.3 Å². The molecule has 0 aromatic heterocycles. The molecule has 0 amide bonds. The van der Waals surface area contributed by atoms with Crippen LogP contribution in [0.5, 0.6) is 0 Å². The molecule has 0 aromatic carbocycles. The minimum absolute atomic E-state index is 0.165. The van der Waals surface area contributed by atoms with Gasteiger partial charge in [-0.25, -0.2) is 0 Å². The average Bonchev–Trinajstić information content (AvgIpc) is 3.51.